The Kier molecular flexibility index (Phi) is 5.86. The van der Waals surface area contributed by atoms with E-state index in [1.165, 1.54) is 0 Å². The van der Waals surface area contributed by atoms with Crippen molar-refractivity contribution in [3.8, 4) is 5.75 Å². The van der Waals surface area contributed by atoms with Gasteiger partial charge in [-0.1, -0.05) is 12.1 Å². The average Bonchev–Trinajstić information content (AvgIpc) is 3.03. The van der Waals surface area contributed by atoms with E-state index in [1.807, 2.05) is 12.1 Å². The number of hydrogen-bond acceptors (Lipinski definition) is 6. The molecule has 1 aromatic carbocycles. The standard InChI is InChI=1S/C18H23N3O5/c1-18(2,3)26-17(23)21-13(15-14(16(19)22)20-10-25-15)9-11-5-7-12(24-4)8-6-11/h5-8,10,13H,9H2,1-4H3,(H2,19,22)(H,21,23)/t13-/m0/s1. The van der Waals surface area contributed by atoms with Crippen LogP contribution in [0.3, 0.4) is 0 Å². The smallest absolute Gasteiger partial charge is 0.408 e. The summed E-state index contributed by atoms with van der Waals surface area (Å²) in [5, 5.41) is 2.71. The fraction of sp³-hybridized carbons (Fsp3) is 0.389. The van der Waals surface area contributed by atoms with Gasteiger partial charge in [-0.2, -0.15) is 0 Å². The Morgan fingerprint density at radius 1 is 1.27 bits per heavy atom. The highest BCUT2D eigenvalue weighted by molar-refractivity contribution is 5.91. The van der Waals surface area contributed by atoms with Gasteiger partial charge in [0.25, 0.3) is 5.91 Å². The number of alkyl carbamates (subject to hydrolysis) is 1. The summed E-state index contributed by atoms with van der Waals surface area (Å²) >= 11 is 0. The molecule has 0 saturated carbocycles. The lowest BCUT2D eigenvalue weighted by Gasteiger charge is -2.23. The molecule has 0 bridgehead atoms. The van der Waals surface area contributed by atoms with E-state index in [-0.39, 0.29) is 11.5 Å². The summed E-state index contributed by atoms with van der Waals surface area (Å²) in [5.74, 6) is 0.154. The topological polar surface area (TPSA) is 117 Å². The highest BCUT2D eigenvalue weighted by atomic mass is 16.6. The third-order valence-corrected chi connectivity index (χ3v) is 3.43. The molecule has 8 nitrogen and oxygen atoms in total. The second-order valence-electron chi connectivity index (χ2n) is 6.68. The van der Waals surface area contributed by atoms with Crippen molar-refractivity contribution in [1.82, 2.24) is 10.3 Å². The van der Waals surface area contributed by atoms with Crippen LogP contribution in [0.2, 0.25) is 0 Å². The van der Waals surface area contributed by atoms with Gasteiger partial charge in [0.05, 0.1) is 13.2 Å². The molecule has 0 saturated heterocycles. The first-order valence-corrected chi connectivity index (χ1v) is 8.05. The minimum absolute atomic E-state index is 0.0282. The van der Waals surface area contributed by atoms with Crippen molar-refractivity contribution in [3.63, 3.8) is 0 Å². The molecule has 140 valence electrons. The second kappa shape index (κ2) is 7.90. The van der Waals surface area contributed by atoms with Gasteiger partial charge < -0.3 is 24.9 Å². The number of rotatable bonds is 6. The number of nitrogens with zero attached hydrogens (tertiary/aromatic N) is 1. The monoisotopic (exact) mass is 361 g/mol. The van der Waals surface area contributed by atoms with Crippen molar-refractivity contribution in [2.75, 3.05) is 7.11 Å². The lowest BCUT2D eigenvalue weighted by molar-refractivity contribution is 0.0496. The molecule has 0 aliphatic rings. The molecule has 0 spiro atoms. The van der Waals surface area contributed by atoms with E-state index < -0.39 is 23.6 Å². The molecule has 2 amide bonds. The van der Waals surface area contributed by atoms with Crippen molar-refractivity contribution in [1.29, 1.82) is 0 Å². The zero-order valence-corrected chi connectivity index (χ0v) is 15.2. The van der Waals surface area contributed by atoms with Crippen LogP contribution in [0.4, 0.5) is 4.79 Å². The summed E-state index contributed by atoms with van der Waals surface area (Å²) in [4.78, 5) is 27.6. The molecule has 1 heterocycles. The predicted octanol–water partition coefficient (Wildman–Crippen LogP) is 2.59. The maximum absolute atomic E-state index is 12.2. The summed E-state index contributed by atoms with van der Waals surface area (Å²) in [6, 6.07) is 6.62. The predicted molar refractivity (Wildman–Crippen MR) is 93.8 cm³/mol. The van der Waals surface area contributed by atoms with Crippen LogP contribution in [-0.4, -0.2) is 29.7 Å². The highest BCUT2D eigenvalue weighted by Gasteiger charge is 2.27. The Balaban J connectivity index is 2.26. The van der Waals surface area contributed by atoms with Gasteiger partial charge in [0, 0.05) is 6.42 Å². The van der Waals surface area contributed by atoms with Gasteiger partial charge in [0.15, 0.2) is 17.8 Å². The van der Waals surface area contributed by atoms with Gasteiger partial charge in [-0.3, -0.25) is 4.79 Å². The molecule has 2 aromatic rings. The number of benzene rings is 1. The molecule has 26 heavy (non-hydrogen) atoms. The van der Waals surface area contributed by atoms with Crippen molar-refractivity contribution in [2.24, 2.45) is 5.73 Å². The Bertz CT molecular complexity index is 762. The van der Waals surface area contributed by atoms with Crippen LogP contribution in [-0.2, 0) is 11.2 Å². The fourth-order valence-electron chi connectivity index (χ4n) is 2.34. The van der Waals surface area contributed by atoms with Crippen LogP contribution in [0.5, 0.6) is 5.75 Å². The highest BCUT2D eigenvalue weighted by Crippen LogP contribution is 2.23. The number of aromatic nitrogens is 1. The molecule has 1 atom stereocenters. The van der Waals surface area contributed by atoms with E-state index in [4.69, 9.17) is 19.6 Å². The Labute approximate surface area is 151 Å². The number of nitrogens with one attached hydrogen (secondary N) is 1. The van der Waals surface area contributed by atoms with Crippen LogP contribution in [0.1, 0.15) is 48.6 Å². The first kappa shape index (κ1) is 19.3. The van der Waals surface area contributed by atoms with Crippen LogP contribution in [0.15, 0.2) is 35.1 Å². The lowest BCUT2D eigenvalue weighted by atomic mass is 10.0. The van der Waals surface area contributed by atoms with Crippen molar-refractivity contribution >= 4 is 12.0 Å². The fourth-order valence-corrected chi connectivity index (χ4v) is 2.34. The first-order chi connectivity index (χ1) is 12.2. The van der Waals surface area contributed by atoms with Crippen LogP contribution in [0.25, 0.3) is 0 Å². The van der Waals surface area contributed by atoms with Crippen molar-refractivity contribution in [2.45, 2.75) is 38.8 Å². The lowest BCUT2D eigenvalue weighted by Crippen LogP contribution is -2.36. The van der Waals surface area contributed by atoms with Gasteiger partial charge in [-0.25, -0.2) is 9.78 Å². The number of oxazole rings is 1. The molecular formula is C18H23N3O5. The van der Waals surface area contributed by atoms with E-state index in [9.17, 15) is 9.59 Å². The Morgan fingerprint density at radius 2 is 1.92 bits per heavy atom. The van der Waals surface area contributed by atoms with Crippen molar-refractivity contribution < 1.29 is 23.5 Å². The number of methoxy groups -OCH3 is 1. The third kappa shape index (κ3) is 5.23. The summed E-state index contributed by atoms with van der Waals surface area (Å²) in [6.45, 7) is 5.27. The molecule has 2 rings (SSSR count). The molecule has 0 aliphatic carbocycles. The Morgan fingerprint density at radius 3 is 2.46 bits per heavy atom. The zero-order valence-electron chi connectivity index (χ0n) is 15.2. The minimum atomic E-state index is -0.737. The van der Waals surface area contributed by atoms with Crippen LogP contribution in [0, 0.1) is 0 Å². The number of primary amides is 1. The minimum Gasteiger partial charge on any atom is -0.497 e. The van der Waals surface area contributed by atoms with Gasteiger partial charge in [0.1, 0.15) is 11.4 Å². The Hall–Kier alpha value is -3.03. The maximum atomic E-state index is 12.2. The molecule has 3 N–H and O–H groups in total. The summed E-state index contributed by atoms with van der Waals surface area (Å²) < 4.78 is 15.8. The molecule has 0 unspecified atom stereocenters. The number of nitrogens with two attached hydrogens (primary N) is 1. The normalized spacial score (nSPS) is 12.3. The quantitative estimate of drug-likeness (QED) is 0.817. The molecule has 0 radical (unpaired) electrons. The molecule has 1 aromatic heterocycles. The average molecular weight is 361 g/mol. The van der Waals surface area contributed by atoms with Crippen molar-refractivity contribution in [3.05, 3.63) is 47.7 Å². The third-order valence-electron chi connectivity index (χ3n) is 3.43. The van der Waals surface area contributed by atoms with Crippen LogP contribution < -0.4 is 15.8 Å². The van der Waals surface area contributed by atoms with E-state index in [1.54, 1.807) is 40.0 Å². The molecule has 8 heteroatoms. The summed E-state index contributed by atoms with van der Waals surface area (Å²) in [6.07, 6.45) is 0.828. The van der Waals surface area contributed by atoms with Gasteiger partial charge in [0.2, 0.25) is 0 Å². The number of carbonyl (C=O) groups is 2. The molecule has 0 aliphatic heterocycles. The van der Waals surface area contributed by atoms with E-state index in [0.29, 0.717) is 12.2 Å². The SMILES string of the molecule is COc1ccc(C[C@H](NC(=O)OC(C)(C)C)c2ocnc2C(N)=O)cc1. The van der Waals surface area contributed by atoms with E-state index in [0.717, 1.165) is 12.0 Å². The van der Waals surface area contributed by atoms with E-state index >= 15 is 0 Å². The largest absolute Gasteiger partial charge is 0.497 e. The zero-order chi connectivity index (χ0) is 19.3. The summed E-state index contributed by atoms with van der Waals surface area (Å²) in [7, 11) is 1.58. The van der Waals surface area contributed by atoms with Gasteiger partial charge in [-0.15, -0.1) is 0 Å². The van der Waals surface area contributed by atoms with Gasteiger partial charge in [-0.05, 0) is 38.5 Å². The number of ether oxygens (including phenoxy) is 2. The molecule has 0 fully saturated rings. The maximum Gasteiger partial charge on any atom is 0.408 e. The first-order valence-electron chi connectivity index (χ1n) is 8.05. The number of amides is 2. The van der Waals surface area contributed by atoms with Gasteiger partial charge >= 0.3 is 6.09 Å². The van der Waals surface area contributed by atoms with E-state index in [2.05, 4.69) is 10.3 Å². The second-order valence-corrected chi connectivity index (χ2v) is 6.68. The molecular weight excluding hydrogens is 338 g/mol. The number of carbonyl (C=O) groups excluding carboxylic acids is 2. The number of hydrogen-bond donors (Lipinski definition) is 2. The van der Waals surface area contributed by atoms with Crippen LogP contribution >= 0.6 is 0 Å². The summed E-state index contributed by atoms with van der Waals surface area (Å²) in [5.41, 5.74) is 5.53.